The maximum atomic E-state index is 11.5. The van der Waals surface area contributed by atoms with E-state index in [1.807, 2.05) is 6.92 Å². The average Bonchev–Trinajstić information content (AvgIpc) is 2.44. The molecule has 0 aromatic heterocycles. The number of aliphatic hydroxyl groups is 2. The maximum absolute atomic E-state index is 11.5. The van der Waals surface area contributed by atoms with Gasteiger partial charge in [0.25, 0.3) is 10.1 Å². The molecule has 1 heterocycles. The highest BCUT2D eigenvalue weighted by Crippen LogP contribution is 2.52. The van der Waals surface area contributed by atoms with Gasteiger partial charge in [-0.3, -0.25) is 4.18 Å². The molecule has 0 radical (unpaired) electrons. The van der Waals surface area contributed by atoms with Crippen LogP contribution in [0.1, 0.15) is 19.8 Å². The Labute approximate surface area is 95.5 Å². The summed E-state index contributed by atoms with van der Waals surface area (Å²) in [5, 5.41) is 18.8. The number of rotatable bonds is 2. The summed E-state index contributed by atoms with van der Waals surface area (Å²) in [5.74, 6) is -0.254. The first-order chi connectivity index (χ1) is 7.44. The zero-order chi connectivity index (χ0) is 12.0. The number of hydrogen-bond donors (Lipinski definition) is 2. The molecule has 2 fully saturated rings. The zero-order valence-corrected chi connectivity index (χ0v) is 10.1. The largest absolute Gasteiger partial charge is 0.396 e. The van der Waals surface area contributed by atoms with Crippen LogP contribution in [-0.2, 0) is 14.3 Å². The highest BCUT2D eigenvalue weighted by molar-refractivity contribution is 7.86. The van der Waals surface area contributed by atoms with Crippen LogP contribution in [0.15, 0.2) is 0 Å². The van der Waals surface area contributed by atoms with Gasteiger partial charge in [0.15, 0.2) is 0 Å². The Kier molecular flexibility index (Phi) is 3.03. The Bertz CT molecular complexity index is 365. The minimum Gasteiger partial charge on any atom is -0.396 e. The van der Waals surface area contributed by atoms with Gasteiger partial charge < -0.3 is 10.2 Å². The molecular weight excluding hydrogens is 232 g/mol. The molecule has 2 rings (SSSR count). The number of hydrogen-bond acceptors (Lipinski definition) is 5. The Hall–Kier alpha value is -0.170. The normalized spacial score (nSPS) is 46.6. The summed E-state index contributed by atoms with van der Waals surface area (Å²) in [6.45, 7) is 1.77. The molecule has 1 aliphatic heterocycles. The lowest BCUT2D eigenvalue weighted by atomic mass is 9.77. The van der Waals surface area contributed by atoms with Gasteiger partial charge in [-0.05, 0) is 18.8 Å². The van der Waals surface area contributed by atoms with Crippen molar-refractivity contribution in [3.8, 4) is 0 Å². The van der Waals surface area contributed by atoms with Gasteiger partial charge in [0.05, 0.1) is 11.9 Å². The molecule has 0 amide bonds. The van der Waals surface area contributed by atoms with E-state index in [2.05, 4.69) is 0 Å². The summed E-state index contributed by atoms with van der Waals surface area (Å²) in [4.78, 5) is 0. The quantitative estimate of drug-likeness (QED) is 0.659. The summed E-state index contributed by atoms with van der Waals surface area (Å²) in [6, 6.07) is 0. The van der Waals surface area contributed by atoms with E-state index < -0.39 is 21.6 Å². The number of aliphatic hydroxyl groups excluding tert-OH is 2. The van der Waals surface area contributed by atoms with Crippen LogP contribution in [0.25, 0.3) is 0 Å². The minimum absolute atomic E-state index is 0.0352. The summed E-state index contributed by atoms with van der Waals surface area (Å²) in [7, 11) is -3.50. The van der Waals surface area contributed by atoms with Gasteiger partial charge >= 0.3 is 0 Å². The standard InChI is InChI=1S/C10H18O5S/c1-7-9-8(5-11)4-10(7,6-12)2-3-16(13,14)15-9/h7-9,11-12H,2-6H2,1H3. The molecule has 94 valence electrons. The van der Waals surface area contributed by atoms with E-state index in [9.17, 15) is 18.6 Å². The van der Waals surface area contributed by atoms with Gasteiger partial charge in [0, 0.05) is 24.5 Å². The molecule has 2 bridgehead atoms. The summed E-state index contributed by atoms with van der Waals surface area (Å²) < 4.78 is 28.2. The molecule has 16 heavy (non-hydrogen) atoms. The van der Waals surface area contributed by atoms with Crippen LogP contribution in [0.3, 0.4) is 0 Å². The Morgan fingerprint density at radius 2 is 2.12 bits per heavy atom. The second-order valence-corrected chi connectivity index (χ2v) is 6.74. The minimum atomic E-state index is -3.50. The van der Waals surface area contributed by atoms with Gasteiger partial charge in [-0.2, -0.15) is 8.42 Å². The molecule has 0 aromatic rings. The fourth-order valence-corrected chi connectivity index (χ4v) is 4.49. The van der Waals surface area contributed by atoms with Crippen molar-refractivity contribution >= 4 is 10.1 Å². The van der Waals surface area contributed by atoms with Crippen LogP contribution in [0.2, 0.25) is 0 Å². The molecule has 1 saturated carbocycles. The highest BCUT2D eigenvalue weighted by atomic mass is 32.2. The van der Waals surface area contributed by atoms with Crippen molar-refractivity contribution in [2.75, 3.05) is 19.0 Å². The third-order valence-corrected chi connectivity index (χ3v) is 5.47. The molecule has 0 spiro atoms. The fourth-order valence-electron chi connectivity index (χ4n) is 3.07. The number of fused-ring (bicyclic) bond motifs is 2. The van der Waals surface area contributed by atoms with Crippen molar-refractivity contribution < 1.29 is 22.8 Å². The third-order valence-electron chi connectivity index (χ3n) is 4.25. The van der Waals surface area contributed by atoms with Gasteiger partial charge in [0.2, 0.25) is 0 Å². The van der Waals surface area contributed by atoms with Gasteiger partial charge in [-0.15, -0.1) is 0 Å². The molecule has 2 N–H and O–H groups in total. The molecule has 1 aliphatic carbocycles. The molecule has 4 unspecified atom stereocenters. The smallest absolute Gasteiger partial charge is 0.267 e. The maximum Gasteiger partial charge on any atom is 0.267 e. The van der Waals surface area contributed by atoms with E-state index in [1.54, 1.807) is 0 Å². The first-order valence-corrected chi connectivity index (χ1v) is 7.14. The first-order valence-electron chi connectivity index (χ1n) is 5.57. The van der Waals surface area contributed by atoms with E-state index in [0.29, 0.717) is 12.8 Å². The van der Waals surface area contributed by atoms with Crippen molar-refractivity contribution in [1.29, 1.82) is 0 Å². The lowest BCUT2D eigenvalue weighted by Gasteiger charge is -2.30. The van der Waals surface area contributed by atoms with Crippen LogP contribution >= 0.6 is 0 Å². The van der Waals surface area contributed by atoms with Crippen molar-refractivity contribution in [2.24, 2.45) is 17.3 Å². The highest BCUT2D eigenvalue weighted by Gasteiger charge is 2.54. The summed E-state index contributed by atoms with van der Waals surface area (Å²) in [6.07, 6.45) is 0.575. The predicted octanol–water partition coefficient (Wildman–Crippen LogP) is -0.268. The predicted molar refractivity (Wildman–Crippen MR) is 57.2 cm³/mol. The molecule has 1 saturated heterocycles. The van der Waals surface area contributed by atoms with E-state index in [0.717, 1.165) is 0 Å². The fraction of sp³-hybridized carbons (Fsp3) is 1.00. The molecule has 6 heteroatoms. The van der Waals surface area contributed by atoms with Crippen LogP contribution in [-0.4, -0.2) is 43.7 Å². The van der Waals surface area contributed by atoms with E-state index >= 15 is 0 Å². The molecule has 2 aliphatic rings. The van der Waals surface area contributed by atoms with Crippen LogP contribution in [0.5, 0.6) is 0 Å². The summed E-state index contributed by atoms with van der Waals surface area (Å²) >= 11 is 0. The van der Waals surface area contributed by atoms with E-state index in [4.69, 9.17) is 4.18 Å². The Balaban J connectivity index is 2.37. The van der Waals surface area contributed by atoms with Crippen LogP contribution in [0.4, 0.5) is 0 Å². The SMILES string of the molecule is CC1C2OS(=O)(=O)CCC1(CO)CC2CO. The van der Waals surface area contributed by atoms with Gasteiger partial charge in [-0.1, -0.05) is 6.92 Å². The second kappa shape index (κ2) is 3.94. The second-order valence-electron chi connectivity index (χ2n) is 5.03. The molecule has 4 atom stereocenters. The topological polar surface area (TPSA) is 83.8 Å². The average molecular weight is 250 g/mol. The first kappa shape index (κ1) is 12.3. The van der Waals surface area contributed by atoms with E-state index in [-0.39, 0.29) is 30.8 Å². The molecular formula is C10H18O5S. The van der Waals surface area contributed by atoms with Crippen molar-refractivity contribution in [3.63, 3.8) is 0 Å². The Morgan fingerprint density at radius 3 is 2.69 bits per heavy atom. The zero-order valence-electron chi connectivity index (χ0n) is 9.30. The van der Waals surface area contributed by atoms with Crippen LogP contribution in [0, 0.1) is 17.3 Å². The molecule has 0 aromatic carbocycles. The van der Waals surface area contributed by atoms with Crippen LogP contribution < -0.4 is 0 Å². The third kappa shape index (κ3) is 1.77. The lowest BCUT2D eigenvalue weighted by molar-refractivity contribution is 0.0592. The van der Waals surface area contributed by atoms with Crippen molar-refractivity contribution in [2.45, 2.75) is 25.9 Å². The summed E-state index contributed by atoms with van der Waals surface area (Å²) in [5.41, 5.74) is -0.401. The lowest BCUT2D eigenvalue weighted by Crippen LogP contribution is -2.31. The van der Waals surface area contributed by atoms with E-state index in [1.165, 1.54) is 0 Å². The molecule has 5 nitrogen and oxygen atoms in total. The Morgan fingerprint density at radius 1 is 1.44 bits per heavy atom. The van der Waals surface area contributed by atoms with Gasteiger partial charge in [0.1, 0.15) is 0 Å². The van der Waals surface area contributed by atoms with Gasteiger partial charge in [-0.25, -0.2) is 0 Å². The van der Waals surface area contributed by atoms with Crippen molar-refractivity contribution in [1.82, 2.24) is 0 Å². The van der Waals surface area contributed by atoms with Crippen molar-refractivity contribution in [3.05, 3.63) is 0 Å². The monoisotopic (exact) mass is 250 g/mol.